The van der Waals surface area contributed by atoms with Crippen molar-refractivity contribution in [3.8, 4) is 6.07 Å². The fourth-order valence-corrected chi connectivity index (χ4v) is 2.10. The molecule has 0 amide bonds. The Kier molecular flexibility index (Phi) is 3.52. The summed E-state index contributed by atoms with van der Waals surface area (Å²) in [6.07, 6.45) is 1.46. The molecule has 0 fully saturated rings. The van der Waals surface area contributed by atoms with E-state index in [1.807, 2.05) is 24.4 Å². The van der Waals surface area contributed by atoms with E-state index in [2.05, 4.69) is 20.6 Å². The van der Waals surface area contributed by atoms with Gasteiger partial charge in [-0.05, 0) is 23.9 Å². The third kappa shape index (κ3) is 2.92. The molecule has 0 aliphatic carbocycles. The van der Waals surface area contributed by atoms with Crippen molar-refractivity contribution in [1.29, 1.82) is 5.26 Å². The molecule has 0 saturated heterocycles. The van der Waals surface area contributed by atoms with Crippen LogP contribution in [-0.2, 0) is 0 Å². The molecule has 0 bridgehead atoms. The maximum absolute atomic E-state index is 8.47. The lowest BCUT2D eigenvalue weighted by Gasteiger charge is -2.06. The Morgan fingerprint density at radius 1 is 1.41 bits per heavy atom. The molecule has 0 aromatic carbocycles. The number of anilines is 3. The van der Waals surface area contributed by atoms with E-state index in [-0.39, 0.29) is 6.54 Å². The maximum atomic E-state index is 8.47. The van der Waals surface area contributed by atoms with Crippen molar-refractivity contribution in [2.75, 3.05) is 17.2 Å². The molecule has 0 saturated carbocycles. The molecule has 2 aromatic rings. The summed E-state index contributed by atoms with van der Waals surface area (Å²) in [6, 6.07) is 5.82. The highest BCUT2D eigenvalue weighted by molar-refractivity contribution is 7.14. The molecule has 5 nitrogen and oxygen atoms in total. The molecule has 0 unspecified atom stereocenters. The first kappa shape index (κ1) is 11.4. The second-order valence-corrected chi connectivity index (χ2v) is 4.27. The van der Waals surface area contributed by atoms with Crippen molar-refractivity contribution in [3.63, 3.8) is 0 Å². The summed E-state index contributed by atoms with van der Waals surface area (Å²) in [5, 5.41) is 17.7. The van der Waals surface area contributed by atoms with E-state index in [0.29, 0.717) is 11.6 Å². The van der Waals surface area contributed by atoms with Crippen molar-refractivity contribution >= 4 is 28.0 Å². The lowest BCUT2D eigenvalue weighted by Crippen LogP contribution is -2.02. The molecule has 2 rings (SSSR count). The van der Waals surface area contributed by atoms with Gasteiger partial charge >= 0.3 is 0 Å². The van der Waals surface area contributed by atoms with E-state index in [1.165, 1.54) is 11.9 Å². The van der Waals surface area contributed by atoms with Crippen molar-refractivity contribution in [2.45, 2.75) is 6.92 Å². The Balaban J connectivity index is 2.12. The zero-order valence-corrected chi connectivity index (χ0v) is 10.1. The molecule has 0 aliphatic rings. The zero-order chi connectivity index (χ0) is 12.1. The van der Waals surface area contributed by atoms with Crippen LogP contribution in [0.2, 0.25) is 0 Å². The van der Waals surface area contributed by atoms with Crippen LogP contribution in [0.4, 0.5) is 16.6 Å². The Bertz CT molecular complexity index is 543. The van der Waals surface area contributed by atoms with E-state index >= 15 is 0 Å². The third-order valence-electron chi connectivity index (χ3n) is 2.12. The number of aryl methyl sites for hydroxylation is 1. The number of hydrogen-bond acceptors (Lipinski definition) is 6. The summed E-state index contributed by atoms with van der Waals surface area (Å²) in [4.78, 5) is 8.14. The van der Waals surface area contributed by atoms with Crippen molar-refractivity contribution in [2.24, 2.45) is 0 Å². The minimum atomic E-state index is 0.231. The molecular formula is C11H11N5S. The molecule has 0 radical (unpaired) electrons. The monoisotopic (exact) mass is 245 g/mol. The van der Waals surface area contributed by atoms with Gasteiger partial charge in [0.1, 0.15) is 24.5 Å². The Labute approximate surface area is 103 Å². The highest BCUT2D eigenvalue weighted by atomic mass is 32.1. The van der Waals surface area contributed by atoms with Crippen molar-refractivity contribution in [1.82, 2.24) is 9.97 Å². The predicted molar refractivity (Wildman–Crippen MR) is 68.5 cm³/mol. The second-order valence-electron chi connectivity index (χ2n) is 3.36. The van der Waals surface area contributed by atoms with Gasteiger partial charge < -0.3 is 10.6 Å². The first-order chi connectivity index (χ1) is 8.29. The Morgan fingerprint density at radius 3 is 2.94 bits per heavy atom. The summed E-state index contributed by atoms with van der Waals surface area (Å²) in [6.45, 7) is 2.27. The number of nitriles is 1. The standard InChI is InChI=1S/C11H11N5S/c1-8-2-5-17-11(8)16-10-6-9(13-4-3-12)14-7-15-10/h2,5-7H,4H2,1H3,(H2,13,14,15,16). The molecule has 0 atom stereocenters. The van der Waals surface area contributed by atoms with Gasteiger partial charge in [-0.15, -0.1) is 11.3 Å². The van der Waals surface area contributed by atoms with Crippen LogP contribution in [0.3, 0.4) is 0 Å². The fourth-order valence-electron chi connectivity index (χ4n) is 1.27. The van der Waals surface area contributed by atoms with Crippen molar-refractivity contribution < 1.29 is 0 Å². The minimum Gasteiger partial charge on any atom is -0.357 e. The summed E-state index contributed by atoms with van der Waals surface area (Å²) in [7, 11) is 0. The number of nitrogens with one attached hydrogen (secondary N) is 2. The van der Waals surface area contributed by atoms with Gasteiger partial charge in [0.2, 0.25) is 0 Å². The molecule has 6 heteroatoms. The highest BCUT2D eigenvalue weighted by Gasteiger charge is 2.02. The summed E-state index contributed by atoms with van der Waals surface area (Å²) >= 11 is 1.62. The van der Waals surface area contributed by atoms with Crippen LogP contribution >= 0.6 is 11.3 Å². The molecule has 0 aliphatic heterocycles. The van der Waals surface area contributed by atoms with Gasteiger partial charge in [0, 0.05) is 6.07 Å². The smallest absolute Gasteiger partial charge is 0.136 e. The predicted octanol–water partition coefficient (Wildman–Crippen LogP) is 2.53. The molecular weight excluding hydrogens is 234 g/mol. The number of nitrogens with zero attached hydrogens (tertiary/aromatic N) is 3. The average molecular weight is 245 g/mol. The van der Waals surface area contributed by atoms with E-state index in [9.17, 15) is 0 Å². The van der Waals surface area contributed by atoms with Crippen LogP contribution in [-0.4, -0.2) is 16.5 Å². The van der Waals surface area contributed by atoms with Gasteiger partial charge in [-0.1, -0.05) is 0 Å². The molecule has 2 heterocycles. The van der Waals surface area contributed by atoms with Crippen LogP contribution in [0.1, 0.15) is 5.56 Å². The lowest BCUT2D eigenvalue weighted by molar-refractivity contribution is 1.14. The number of rotatable bonds is 4. The van der Waals surface area contributed by atoms with Crippen LogP contribution in [0, 0.1) is 18.3 Å². The normalized spacial score (nSPS) is 9.65. The minimum absolute atomic E-state index is 0.231. The molecule has 0 spiro atoms. The fraction of sp³-hybridized carbons (Fsp3) is 0.182. The Morgan fingerprint density at radius 2 is 2.24 bits per heavy atom. The van der Waals surface area contributed by atoms with Gasteiger partial charge in [-0.3, -0.25) is 0 Å². The van der Waals surface area contributed by atoms with Gasteiger partial charge in [0.05, 0.1) is 11.1 Å². The van der Waals surface area contributed by atoms with Gasteiger partial charge in [-0.25, -0.2) is 9.97 Å². The van der Waals surface area contributed by atoms with Crippen LogP contribution in [0.25, 0.3) is 0 Å². The average Bonchev–Trinajstić information content (AvgIpc) is 2.73. The first-order valence-electron chi connectivity index (χ1n) is 5.03. The summed E-state index contributed by atoms with van der Waals surface area (Å²) in [5.74, 6) is 1.35. The quantitative estimate of drug-likeness (QED) is 0.810. The zero-order valence-electron chi connectivity index (χ0n) is 9.27. The summed E-state index contributed by atoms with van der Waals surface area (Å²) < 4.78 is 0. The largest absolute Gasteiger partial charge is 0.357 e. The number of aromatic nitrogens is 2. The van der Waals surface area contributed by atoms with Gasteiger partial charge in [0.25, 0.3) is 0 Å². The molecule has 2 aromatic heterocycles. The lowest BCUT2D eigenvalue weighted by atomic mass is 10.3. The SMILES string of the molecule is Cc1ccsc1Nc1cc(NCC#N)ncn1. The maximum Gasteiger partial charge on any atom is 0.136 e. The number of thiophene rings is 1. The van der Waals surface area contributed by atoms with E-state index in [0.717, 1.165) is 5.00 Å². The molecule has 86 valence electrons. The van der Waals surface area contributed by atoms with Gasteiger partial charge in [-0.2, -0.15) is 5.26 Å². The van der Waals surface area contributed by atoms with E-state index in [1.54, 1.807) is 17.4 Å². The summed E-state index contributed by atoms with van der Waals surface area (Å²) in [5.41, 5.74) is 1.18. The molecule has 17 heavy (non-hydrogen) atoms. The number of hydrogen-bond donors (Lipinski definition) is 2. The first-order valence-corrected chi connectivity index (χ1v) is 5.91. The van der Waals surface area contributed by atoms with Crippen LogP contribution < -0.4 is 10.6 Å². The third-order valence-corrected chi connectivity index (χ3v) is 3.05. The second kappa shape index (κ2) is 5.27. The topological polar surface area (TPSA) is 73.6 Å². The van der Waals surface area contributed by atoms with Crippen LogP contribution in [0.15, 0.2) is 23.8 Å². The highest BCUT2D eigenvalue weighted by Crippen LogP contribution is 2.25. The van der Waals surface area contributed by atoms with E-state index < -0.39 is 0 Å². The van der Waals surface area contributed by atoms with Crippen LogP contribution in [0.5, 0.6) is 0 Å². The van der Waals surface area contributed by atoms with Gasteiger partial charge in [0.15, 0.2) is 0 Å². The molecule has 2 N–H and O–H groups in total. The van der Waals surface area contributed by atoms with Crippen molar-refractivity contribution in [3.05, 3.63) is 29.4 Å². The Hall–Kier alpha value is -2.13. The van der Waals surface area contributed by atoms with E-state index in [4.69, 9.17) is 5.26 Å².